The number of carbonyl (C=O) groups excluding carboxylic acids is 2. The molecule has 0 radical (unpaired) electrons. The van der Waals surface area contributed by atoms with Crippen LogP contribution in [0.25, 0.3) is 0 Å². The number of thiophene rings is 1. The van der Waals surface area contributed by atoms with Gasteiger partial charge in [-0.1, -0.05) is 23.2 Å². The number of aliphatic hydroxyl groups excluding tert-OH is 3. The number of nitrogens with zero attached hydrogens (tertiary/aromatic N) is 1. The van der Waals surface area contributed by atoms with Crippen LogP contribution in [-0.2, 0) is 22.4 Å². The SMILES string of the molecule is O=C(OCCC(=O)N(CCO)CCO)c1ccc(CCC[C@@H]2[C@@H](CCc3cc(Cl)cc(Cl)c3)[C@H](O)C[C@@H]2Cl)s1. The number of halogens is 3. The Morgan fingerprint density at radius 3 is 2.36 bits per heavy atom. The number of benzene rings is 1. The van der Waals surface area contributed by atoms with Crippen LogP contribution in [-0.4, -0.2) is 76.5 Å². The normalized spacial score (nSPS) is 20.8. The maximum Gasteiger partial charge on any atom is 0.348 e. The van der Waals surface area contributed by atoms with Gasteiger partial charge in [0.25, 0.3) is 0 Å². The summed E-state index contributed by atoms with van der Waals surface area (Å²) in [6.07, 6.45) is 4.28. The van der Waals surface area contributed by atoms with Gasteiger partial charge in [0.2, 0.25) is 5.91 Å². The molecule has 1 fully saturated rings. The van der Waals surface area contributed by atoms with E-state index in [1.54, 1.807) is 12.1 Å². The van der Waals surface area contributed by atoms with Gasteiger partial charge in [-0.15, -0.1) is 22.9 Å². The van der Waals surface area contributed by atoms with Gasteiger partial charge in [0.15, 0.2) is 0 Å². The van der Waals surface area contributed by atoms with Crippen molar-refractivity contribution in [2.75, 3.05) is 32.9 Å². The van der Waals surface area contributed by atoms with Crippen LogP contribution in [0.15, 0.2) is 30.3 Å². The van der Waals surface area contributed by atoms with E-state index < -0.39 is 12.1 Å². The molecule has 0 aliphatic heterocycles. The summed E-state index contributed by atoms with van der Waals surface area (Å²) in [6, 6.07) is 9.17. The van der Waals surface area contributed by atoms with Crippen LogP contribution in [0.4, 0.5) is 0 Å². The Labute approximate surface area is 248 Å². The van der Waals surface area contributed by atoms with Crippen LogP contribution in [0, 0.1) is 11.8 Å². The first-order valence-corrected chi connectivity index (χ1v) is 15.2. The Bertz CT molecular complexity index is 1060. The van der Waals surface area contributed by atoms with Gasteiger partial charge in [0, 0.05) is 33.4 Å². The molecule has 1 aliphatic rings. The highest BCUT2D eigenvalue weighted by atomic mass is 35.5. The van der Waals surface area contributed by atoms with E-state index in [1.165, 1.54) is 16.2 Å². The molecule has 7 nitrogen and oxygen atoms in total. The molecule has 3 N–H and O–H groups in total. The van der Waals surface area contributed by atoms with Crippen molar-refractivity contribution in [3.63, 3.8) is 0 Å². The van der Waals surface area contributed by atoms with Crippen molar-refractivity contribution in [2.24, 2.45) is 11.8 Å². The zero-order valence-corrected chi connectivity index (χ0v) is 24.8. The number of hydrogen-bond acceptors (Lipinski definition) is 7. The van der Waals surface area contributed by atoms with Gasteiger partial charge in [-0.25, -0.2) is 4.79 Å². The zero-order chi connectivity index (χ0) is 28.4. The standard InChI is InChI=1S/C28H36Cl3NO6S/c29-19-14-18(15-20(30)16-19)4-6-23-22(24(31)17-25(23)35)3-1-2-21-5-7-26(39-21)28(37)38-13-8-27(36)32(9-11-33)10-12-34/h5,7,14-16,22-25,33-35H,1-4,6,8-13,17H2/t22-,23-,24+,25-/m1/s1. The molecule has 1 amide bonds. The summed E-state index contributed by atoms with van der Waals surface area (Å²) in [5.41, 5.74) is 1.05. The third-order valence-corrected chi connectivity index (χ3v) is 9.19. The molecule has 1 aliphatic carbocycles. The van der Waals surface area contributed by atoms with Crippen molar-refractivity contribution in [1.29, 1.82) is 0 Å². The summed E-state index contributed by atoms with van der Waals surface area (Å²) in [4.78, 5) is 27.4. The Kier molecular flexibility index (Phi) is 13.3. The fraction of sp³-hybridized carbons (Fsp3) is 0.571. The summed E-state index contributed by atoms with van der Waals surface area (Å²) >= 11 is 20.3. The fourth-order valence-electron chi connectivity index (χ4n) is 5.22. The first kappa shape index (κ1) is 32.1. The molecule has 0 saturated heterocycles. The lowest BCUT2D eigenvalue weighted by Crippen LogP contribution is -2.36. The molecule has 4 atom stereocenters. The van der Waals surface area contributed by atoms with Crippen LogP contribution in [0.2, 0.25) is 10.0 Å². The molecule has 1 aromatic carbocycles. The minimum Gasteiger partial charge on any atom is -0.461 e. The van der Waals surface area contributed by atoms with Gasteiger partial charge in [-0.3, -0.25) is 4.79 Å². The van der Waals surface area contributed by atoms with Gasteiger partial charge in [0.1, 0.15) is 11.5 Å². The molecule has 1 aromatic heterocycles. The number of ether oxygens (including phenoxy) is 1. The number of esters is 1. The van der Waals surface area contributed by atoms with Gasteiger partial charge in [-0.05, 0) is 86.3 Å². The molecular weight excluding hydrogens is 585 g/mol. The van der Waals surface area contributed by atoms with Crippen molar-refractivity contribution < 1.29 is 29.6 Å². The summed E-state index contributed by atoms with van der Waals surface area (Å²) < 4.78 is 5.26. The monoisotopic (exact) mass is 619 g/mol. The predicted molar refractivity (Wildman–Crippen MR) is 155 cm³/mol. The van der Waals surface area contributed by atoms with Crippen molar-refractivity contribution in [3.8, 4) is 0 Å². The highest BCUT2D eigenvalue weighted by molar-refractivity contribution is 7.13. The first-order chi connectivity index (χ1) is 18.7. The molecule has 39 heavy (non-hydrogen) atoms. The van der Waals surface area contributed by atoms with E-state index in [1.807, 2.05) is 18.2 Å². The lowest BCUT2D eigenvalue weighted by Gasteiger charge is -2.23. The van der Waals surface area contributed by atoms with E-state index in [4.69, 9.17) is 49.8 Å². The number of aryl methyl sites for hydroxylation is 2. The molecule has 0 unspecified atom stereocenters. The van der Waals surface area contributed by atoms with Crippen LogP contribution in [0.1, 0.15) is 52.2 Å². The van der Waals surface area contributed by atoms with E-state index in [2.05, 4.69) is 0 Å². The Morgan fingerprint density at radius 2 is 1.69 bits per heavy atom. The topological polar surface area (TPSA) is 107 Å². The molecule has 1 saturated carbocycles. The van der Waals surface area contributed by atoms with E-state index in [-0.39, 0.29) is 62.5 Å². The van der Waals surface area contributed by atoms with Crippen molar-refractivity contribution in [1.82, 2.24) is 4.90 Å². The molecule has 0 spiro atoms. The second kappa shape index (κ2) is 16.2. The molecule has 11 heteroatoms. The van der Waals surface area contributed by atoms with Gasteiger partial charge in [0.05, 0.1) is 25.7 Å². The quantitative estimate of drug-likeness (QED) is 0.192. The Balaban J connectivity index is 1.44. The predicted octanol–water partition coefficient (Wildman–Crippen LogP) is 4.97. The third kappa shape index (κ3) is 9.88. The largest absolute Gasteiger partial charge is 0.461 e. The van der Waals surface area contributed by atoms with Crippen LogP contribution < -0.4 is 0 Å². The number of amides is 1. The minimum absolute atomic E-state index is 0.0116. The maximum absolute atomic E-state index is 12.4. The summed E-state index contributed by atoms with van der Waals surface area (Å²) in [5, 5.41) is 29.9. The zero-order valence-electron chi connectivity index (χ0n) is 21.7. The maximum atomic E-state index is 12.4. The molecule has 1 heterocycles. The lowest BCUT2D eigenvalue weighted by atomic mass is 9.85. The van der Waals surface area contributed by atoms with Crippen LogP contribution in [0.3, 0.4) is 0 Å². The number of alkyl halides is 1. The van der Waals surface area contributed by atoms with Gasteiger partial charge in [-0.2, -0.15) is 0 Å². The van der Waals surface area contributed by atoms with E-state index in [0.29, 0.717) is 21.3 Å². The number of hydrogen-bond donors (Lipinski definition) is 3. The van der Waals surface area contributed by atoms with Crippen LogP contribution >= 0.6 is 46.1 Å². The molecule has 3 rings (SSSR count). The van der Waals surface area contributed by atoms with Gasteiger partial charge >= 0.3 is 5.97 Å². The Morgan fingerprint density at radius 1 is 1.00 bits per heavy atom. The van der Waals surface area contributed by atoms with E-state index in [0.717, 1.165) is 42.5 Å². The molecule has 0 bridgehead atoms. The second-order valence-electron chi connectivity index (χ2n) is 9.84. The molecule has 2 aromatic rings. The summed E-state index contributed by atoms with van der Waals surface area (Å²) in [7, 11) is 0. The van der Waals surface area contributed by atoms with Crippen LogP contribution in [0.5, 0.6) is 0 Å². The van der Waals surface area contributed by atoms with E-state index in [9.17, 15) is 14.7 Å². The third-order valence-electron chi connectivity index (χ3n) is 7.13. The second-order valence-corrected chi connectivity index (χ2v) is 12.4. The Hall–Kier alpha value is -1.39. The minimum atomic E-state index is -0.476. The number of aliphatic hydroxyl groups is 3. The highest BCUT2D eigenvalue weighted by Gasteiger charge is 2.40. The van der Waals surface area contributed by atoms with E-state index >= 15 is 0 Å². The average molecular weight is 621 g/mol. The van der Waals surface area contributed by atoms with Gasteiger partial charge < -0.3 is 25.0 Å². The van der Waals surface area contributed by atoms with Crippen molar-refractivity contribution >= 4 is 58.0 Å². The van der Waals surface area contributed by atoms with Crippen molar-refractivity contribution in [3.05, 3.63) is 55.7 Å². The number of carbonyl (C=O) groups is 2. The highest BCUT2D eigenvalue weighted by Crippen LogP contribution is 2.42. The smallest absolute Gasteiger partial charge is 0.348 e. The number of rotatable bonds is 15. The fourth-order valence-corrected chi connectivity index (χ4v) is 7.23. The molecular formula is C28H36Cl3NO6S. The lowest BCUT2D eigenvalue weighted by molar-refractivity contribution is -0.132. The average Bonchev–Trinajstić information content (AvgIpc) is 3.46. The van der Waals surface area contributed by atoms with Crippen molar-refractivity contribution in [2.45, 2.75) is 56.4 Å². The summed E-state index contributed by atoms with van der Waals surface area (Å²) in [5.74, 6) is -0.458. The first-order valence-electron chi connectivity index (χ1n) is 13.2. The summed E-state index contributed by atoms with van der Waals surface area (Å²) in [6.45, 7) is -0.209. The molecule has 216 valence electrons.